The molecule has 0 bridgehead atoms. The van der Waals surface area contributed by atoms with Gasteiger partial charge in [0, 0.05) is 6.54 Å². The number of nitrogens with zero attached hydrogens (tertiary/aromatic N) is 1. The molecular weight excluding hydrogens is 242 g/mol. The van der Waals surface area contributed by atoms with Crippen LogP contribution in [0, 0.1) is 10.8 Å². The first-order chi connectivity index (χ1) is 9.08. The van der Waals surface area contributed by atoms with Crippen LogP contribution in [0.5, 0.6) is 0 Å². The van der Waals surface area contributed by atoms with Gasteiger partial charge in [0.25, 0.3) is 0 Å². The van der Waals surface area contributed by atoms with E-state index in [0.29, 0.717) is 18.3 Å². The Morgan fingerprint density at radius 3 is 2.42 bits per heavy atom. The normalized spacial score (nSPS) is 24.2. The zero-order valence-electron chi connectivity index (χ0n) is 11.7. The third-order valence-corrected chi connectivity index (χ3v) is 4.85. The second kappa shape index (κ2) is 5.39. The summed E-state index contributed by atoms with van der Waals surface area (Å²) in [7, 11) is 0. The van der Waals surface area contributed by atoms with Crippen molar-refractivity contribution in [1.29, 1.82) is 0 Å². The highest BCUT2D eigenvalue weighted by Crippen LogP contribution is 2.49. The number of nitrogens with one attached hydrogen (secondary N) is 1. The van der Waals surface area contributed by atoms with Gasteiger partial charge in [0.2, 0.25) is 5.91 Å². The molecule has 0 aromatic rings. The van der Waals surface area contributed by atoms with Gasteiger partial charge in [-0.2, -0.15) is 0 Å². The Hall–Kier alpha value is -1.26. The Morgan fingerprint density at radius 1 is 1.32 bits per heavy atom. The van der Waals surface area contributed by atoms with E-state index in [2.05, 4.69) is 17.4 Å². The molecule has 19 heavy (non-hydrogen) atoms. The number of carbonyl (C=O) groups excluding carboxylic acids is 1. The van der Waals surface area contributed by atoms with Crippen molar-refractivity contribution in [2.75, 3.05) is 6.54 Å². The topological polar surface area (TPSA) is 87.7 Å². The lowest BCUT2D eigenvalue weighted by molar-refractivity contribution is -0.127. The maximum atomic E-state index is 12.5. The van der Waals surface area contributed by atoms with E-state index < -0.39 is 5.41 Å². The zero-order valence-corrected chi connectivity index (χ0v) is 11.7. The molecule has 0 unspecified atom stereocenters. The third-order valence-electron chi connectivity index (χ3n) is 4.85. The molecule has 0 heterocycles. The van der Waals surface area contributed by atoms with Gasteiger partial charge < -0.3 is 16.3 Å². The quantitative estimate of drug-likeness (QED) is 0.297. The molecule has 0 saturated heterocycles. The highest BCUT2D eigenvalue weighted by molar-refractivity contribution is 6.07. The standard InChI is InChI=1S/C14H25N3O2/c1-2-5-13(8-9-13)10-16-12(18)14(11(15)17-19)6-3-4-7-14/h19H,2-10H2,1H3,(H2,15,17)(H,16,18). The molecule has 2 rings (SSSR count). The molecule has 4 N–H and O–H groups in total. The van der Waals surface area contributed by atoms with Gasteiger partial charge in [-0.1, -0.05) is 31.3 Å². The van der Waals surface area contributed by atoms with Gasteiger partial charge >= 0.3 is 0 Å². The van der Waals surface area contributed by atoms with Crippen molar-refractivity contribution in [3.05, 3.63) is 0 Å². The number of hydrogen-bond acceptors (Lipinski definition) is 3. The van der Waals surface area contributed by atoms with Crippen LogP contribution >= 0.6 is 0 Å². The summed E-state index contributed by atoms with van der Waals surface area (Å²) in [5.41, 5.74) is 5.33. The van der Waals surface area contributed by atoms with Gasteiger partial charge in [-0.05, 0) is 37.5 Å². The number of hydrogen-bond donors (Lipinski definition) is 3. The third kappa shape index (κ3) is 2.69. The summed E-state index contributed by atoms with van der Waals surface area (Å²) in [4.78, 5) is 12.5. The van der Waals surface area contributed by atoms with Crippen LogP contribution in [0.1, 0.15) is 58.3 Å². The molecule has 5 heteroatoms. The van der Waals surface area contributed by atoms with E-state index >= 15 is 0 Å². The molecule has 2 fully saturated rings. The number of amidine groups is 1. The summed E-state index contributed by atoms with van der Waals surface area (Å²) in [6.07, 6.45) is 8.04. The minimum atomic E-state index is -0.767. The highest BCUT2D eigenvalue weighted by Gasteiger charge is 2.47. The lowest BCUT2D eigenvalue weighted by atomic mass is 9.83. The van der Waals surface area contributed by atoms with Crippen LogP contribution in [-0.4, -0.2) is 23.5 Å². The maximum Gasteiger partial charge on any atom is 0.233 e. The number of carbonyl (C=O) groups is 1. The van der Waals surface area contributed by atoms with E-state index in [-0.39, 0.29) is 11.7 Å². The minimum Gasteiger partial charge on any atom is -0.409 e. The fraction of sp³-hybridized carbons (Fsp3) is 0.857. The van der Waals surface area contributed by atoms with E-state index in [0.717, 1.165) is 25.8 Å². The fourth-order valence-electron chi connectivity index (χ4n) is 3.33. The van der Waals surface area contributed by atoms with Gasteiger partial charge in [-0.25, -0.2) is 0 Å². The highest BCUT2D eigenvalue weighted by atomic mass is 16.4. The van der Waals surface area contributed by atoms with Crippen LogP contribution < -0.4 is 11.1 Å². The van der Waals surface area contributed by atoms with E-state index in [9.17, 15) is 4.79 Å². The van der Waals surface area contributed by atoms with E-state index in [1.54, 1.807) is 0 Å². The van der Waals surface area contributed by atoms with Gasteiger partial charge in [-0.3, -0.25) is 4.79 Å². The van der Waals surface area contributed by atoms with Crippen molar-refractivity contribution in [2.45, 2.75) is 58.3 Å². The summed E-state index contributed by atoms with van der Waals surface area (Å²) < 4.78 is 0. The Kier molecular flexibility index (Phi) is 4.02. The molecule has 1 amide bonds. The lowest BCUT2D eigenvalue weighted by Gasteiger charge is -2.27. The van der Waals surface area contributed by atoms with Crippen LogP contribution in [0.2, 0.25) is 0 Å². The molecule has 0 atom stereocenters. The van der Waals surface area contributed by atoms with Crippen molar-refractivity contribution < 1.29 is 10.0 Å². The summed E-state index contributed by atoms with van der Waals surface area (Å²) in [6.45, 7) is 2.91. The zero-order chi connectivity index (χ0) is 13.9. The Morgan fingerprint density at radius 2 is 1.95 bits per heavy atom. The molecule has 2 saturated carbocycles. The van der Waals surface area contributed by atoms with Crippen molar-refractivity contribution in [3.8, 4) is 0 Å². The SMILES string of the molecule is CCCC1(CNC(=O)C2(C(N)=NO)CCCC2)CC1. The first-order valence-corrected chi connectivity index (χ1v) is 7.35. The minimum absolute atomic E-state index is 0.0531. The molecule has 0 radical (unpaired) electrons. The Bertz CT molecular complexity index is 369. The van der Waals surface area contributed by atoms with Gasteiger partial charge in [0.1, 0.15) is 5.41 Å². The van der Waals surface area contributed by atoms with Crippen molar-refractivity contribution in [1.82, 2.24) is 5.32 Å². The number of oxime groups is 1. The van der Waals surface area contributed by atoms with Crippen LogP contribution in [0.3, 0.4) is 0 Å². The Balaban J connectivity index is 1.97. The monoisotopic (exact) mass is 267 g/mol. The van der Waals surface area contributed by atoms with Crippen molar-refractivity contribution in [2.24, 2.45) is 21.7 Å². The summed E-state index contributed by atoms with van der Waals surface area (Å²) in [6, 6.07) is 0. The molecule has 0 aromatic heterocycles. The fourth-order valence-corrected chi connectivity index (χ4v) is 3.33. The Labute approximate surface area is 114 Å². The lowest BCUT2D eigenvalue weighted by Crippen LogP contribution is -2.49. The molecule has 0 aromatic carbocycles. The first-order valence-electron chi connectivity index (χ1n) is 7.35. The summed E-state index contributed by atoms with van der Waals surface area (Å²) in [5, 5.41) is 15.1. The molecular formula is C14H25N3O2. The summed E-state index contributed by atoms with van der Waals surface area (Å²) in [5.74, 6) is 0.0190. The van der Waals surface area contributed by atoms with E-state index in [1.807, 2.05) is 0 Å². The van der Waals surface area contributed by atoms with Crippen molar-refractivity contribution >= 4 is 11.7 Å². The predicted octanol–water partition coefficient (Wildman–Crippen LogP) is 1.99. The van der Waals surface area contributed by atoms with Crippen molar-refractivity contribution in [3.63, 3.8) is 0 Å². The number of amides is 1. The molecule has 108 valence electrons. The second-order valence-corrected chi connectivity index (χ2v) is 6.21. The second-order valence-electron chi connectivity index (χ2n) is 6.21. The van der Waals surface area contributed by atoms with Crippen LogP contribution in [0.25, 0.3) is 0 Å². The maximum absolute atomic E-state index is 12.5. The van der Waals surface area contributed by atoms with Crippen LogP contribution in [0.4, 0.5) is 0 Å². The first kappa shape index (κ1) is 14.2. The van der Waals surface area contributed by atoms with Crippen LogP contribution in [-0.2, 0) is 4.79 Å². The predicted molar refractivity (Wildman–Crippen MR) is 73.9 cm³/mol. The molecule has 0 aliphatic heterocycles. The number of nitrogens with two attached hydrogens (primary N) is 1. The largest absolute Gasteiger partial charge is 0.409 e. The molecule has 2 aliphatic rings. The summed E-state index contributed by atoms with van der Waals surface area (Å²) >= 11 is 0. The molecule has 2 aliphatic carbocycles. The van der Waals surface area contributed by atoms with E-state index in [1.165, 1.54) is 19.3 Å². The van der Waals surface area contributed by atoms with Gasteiger partial charge in [0.15, 0.2) is 5.84 Å². The smallest absolute Gasteiger partial charge is 0.233 e. The van der Waals surface area contributed by atoms with E-state index in [4.69, 9.17) is 10.9 Å². The molecule has 0 spiro atoms. The number of rotatable bonds is 6. The van der Waals surface area contributed by atoms with Gasteiger partial charge in [-0.15, -0.1) is 0 Å². The van der Waals surface area contributed by atoms with Crippen LogP contribution in [0.15, 0.2) is 5.16 Å². The average Bonchev–Trinajstić information content (AvgIpc) is 3.00. The van der Waals surface area contributed by atoms with Gasteiger partial charge in [0.05, 0.1) is 0 Å². The average molecular weight is 267 g/mol. The molecule has 5 nitrogen and oxygen atoms in total.